The van der Waals surface area contributed by atoms with Crippen LogP contribution >= 0.6 is 11.6 Å². The molecule has 1 aliphatic rings. The smallest absolute Gasteiger partial charge is 0.255 e. The molecule has 5 heteroatoms. The Balaban J connectivity index is 2.18. The van der Waals surface area contributed by atoms with Gasteiger partial charge in [-0.25, -0.2) is 0 Å². The van der Waals surface area contributed by atoms with E-state index < -0.39 is 0 Å². The number of carbonyl (C=O) groups excluding carboxylic acids is 1. The first-order chi connectivity index (χ1) is 9.02. The van der Waals surface area contributed by atoms with Gasteiger partial charge in [0.05, 0.1) is 10.6 Å². The van der Waals surface area contributed by atoms with Crippen LogP contribution in [0.1, 0.15) is 23.7 Å². The number of hydrogen-bond acceptors (Lipinski definition) is 3. The number of amides is 1. The summed E-state index contributed by atoms with van der Waals surface area (Å²) in [5.41, 5.74) is 0.376. The number of hydrogen-bond donors (Lipinski definition) is 1. The first kappa shape index (κ1) is 14.2. The summed E-state index contributed by atoms with van der Waals surface area (Å²) in [7, 11) is 2.08. The average Bonchev–Trinajstić information content (AvgIpc) is 2.41. The summed E-state index contributed by atoms with van der Waals surface area (Å²) < 4.78 is 0. The maximum Gasteiger partial charge on any atom is 0.255 e. The number of likely N-dealkylation sites (N-methyl/N-ethyl adjacent to an activating group) is 1. The van der Waals surface area contributed by atoms with Gasteiger partial charge in [0.15, 0.2) is 0 Å². The third kappa shape index (κ3) is 3.01. The van der Waals surface area contributed by atoms with Gasteiger partial charge in [-0.3, -0.25) is 9.69 Å². The Bertz CT molecular complexity index is 479. The molecule has 1 heterocycles. The quantitative estimate of drug-likeness (QED) is 0.904. The Kier molecular flexibility index (Phi) is 4.32. The summed E-state index contributed by atoms with van der Waals surface area (Å²) in [6.45, 7) is 4.38. The topological polar surface area (TPSA) is 43.8 Å². The maximum absolute atomic E-state index is 12.5. The normalized spacial score (nSPS) is 20.6. The highest BCUT2D eigenvalue weighted by molar-refractivity contribution is 6.33. The minimum absolute atomic E-state index is 0.0638. The summed E-state index contributed by atoms with van der Waals surface area (Å²) in [5, 5.41) is 9.87. The molecule has 0 spiro atoms. The Morgan fingerprint density at radius 3 is 2.89 bits per heavy atom. The van der Waals surface area contributed by atoms with E-state index in [-0.39, 0.29) is 11.7 Å². The summed E-state index contributed by atoms with van der Waals surface area (Å²) in [6, 6.07) is 4.85. The van der Waals surface area contributed by atoms with Crippen LogP contribution in [0.3, 0.4) is 0 Å². The van der Waals surface area contributed by atoms with Crippen LogP contribution in [0.15, 0.2) is 18.2 Å². The fourth-order valence-electron chi connectivity index (χ4n) is 2.42. The Labute approximate surface area is 118 Å². The number of halogens is 1. The van der Waals surface area contributed by atoms with Crippen LogP contribution in [-0.2, 0) is 0 Å². The number of piperazine rings is 1. The molecule has 1 atom stereocenters. The Hall–Kier alpha value is -1.26. The van der Waals surface area contributed by atoms with Crippen LogP contribution in [-0.4, -0.2) is 53.5 Å². The average molecular weight is 283 g/mol. The monoisotopic (exact) mass is 282 g/mol. The van der Waals surface area contributed by atoms with Gasteiger partial charge in [0.2, 0.25) is 0 Å². The molecule has 1 aliphatic heterocycles. The van der Waals surface area contributed by atoms with Crippen LogP contribution in [0, 0.1) is 0 Å². The van der Waals surface area contributed by atoms with Gasteiger partial charge < -0.3 is 10.0 Å². The minimum Gasteiger partial charge on any atom is -0.508 e. The van der Waals surface area contributed by atoms with E-state index in [4.69, 9.17) is 11.6 Å². The zero-order valence-electron chi connectivity index (χ0n) is 11.3. The molecule has 1 saturated heterocycles. The summed E-state index contributed by atoms with van der Waals surface area (Å²) in [4.78, 5) is 16.5. The van der Waals surface area contributed by atoms with Gasteiger partial charge in [-0.2, -0.15) is 0 Å². The molecule has 0 aromatic heterocycles. The van der Waals surface area contributed by atoms with E-state index in [0.29, 0.717) is 29.7 Å². The molecule has 0 bridgehead atoms. The number of benzene rings is 1. The standard InChI is InChI=1S/C14H19ClN2O2/c1-3-10-9-17(7-6-16(10)2)14(19)12-8-11(18)4-5-13(12)15/h4-5,8,10,18H,3,6-7,9H2,1-2H3. The lowest BCUT2D eigenvalue weighted by Gasteiger charge is -2.39. The van der Waals surface area contributed by atoms with E-state index in [1.54, 1.807) is 6.07 Å². The fourth-order valence-corrected chi connectivity index (χ4v) is 2.62. The van der Waals surface area contributed by atoms with Crippen LogP contribution in [0.25, 0.3) is 0 Å². The number of nitrogens with zero attached hydrogens (tertiary/aromatic N) is 2. The summed E-state index contributed by atoms with van der Waals surface area (Å²) in [5.74, 6) is -0.0404. The first-order valence-corrected chi connectivity index (χ1v) is 6.88. The lowest BCUT2D eigenvalue weighted by molar-refractivity contribution is 0.0541. The highest BCUT2D eigenvalue weighted by Gasteiger charge is 2.27. The Morgan fingerprint density at radius 2 is 2.21 bits per heavy atom. The summed E-state index contributed by atoms with van der Waals surface area (Å²) in [6.07, 6.45) is 1.01. The van der Waals surface area contributed by atoms with Gasteiger partial charge in [-0.1, -0.05) is 18.5 Å². The molecular formula is C14H19ClN2O2. The van der Waals surface area contributed by atoms with Crippen molar-refractivity contribution in [1.29, 1.82) is 0 Å². The van der Waals surface area contributed by atoms with Gasteiger partial charge in [0, 0.05) is 25.7 Å². The van der Waals surface area contributed by atoms with Crippen molar-refractivity contribution in [2.45, 2.75) is 19.4 Å². The predicted octanol–water partition coefficient (Wildman–Crippen LogP) is 2.21. The highest BCUT2D eigenvalue weighted by Crippen LogP contribution is 2.24. The predicted molar refractivity (Wildman–Crippen MR) is 75.7 cm³/mol. The molecule has 19 heavy (non-hydrogen) atoms. The molecule has 1 N–H and O–H groups in total. The number of aromatic hydroxyl groups is 1. The molecule has 2 rings (SSSR count). The number of rotatable bonds is 2. The third-order valence-corrected chi connectivity index (χ3v) is 4.05. The zero-order chi connectivity index (χ0) is 14.0. The second-order valence-corrected chi connectivity index (χ2v) is 5.37. The van der Waals surface area contributed by atoms with E-state index in [2.05, 4.69) is 18.9 Å². The van der Waals surface area contributed by atoms with E-state index >= 15 is 0 Å². The molecular weight excluding hydrogens is 264 g/mol. The van der Waals surface area contributed by atoms with E-state index in [0.717, 1.165) is 13.0 Å². The van der Waals surface area contributed by atoms with Gasteiger partial charge in [0.1, 0.15) is 5.75 Å². The van der Waals surface area contributed by atoms with Crippen LogP contribution in [0.2, 0.25) is 5.02 Å². The number of carbonyl (C=O) groups is 1. The van der Waals surface area contributed by atoms with Crippen LogP contribution < -0.4 is 0 Å². The second kappa shape index (κ2) is 5.80. The molecule has 0 saturated carbocycles. The minimum atomic E-state index is -0.104. The van der Waals surface area contributed by atoms with Crippen molar-refractivity contribution in [2.75, 3.05) is 26.7 Å². The van der Waals surface area contributed by atoms with E-state index in [1.165, 1.54) is 12.1 Å². The van der Waals surface area contributed by atoms with Crippen molar-refractivity contribution >= 4 is 17.5 Å². The molecule has 1 unspecified atom stereocenters. The molecule has 0 radical (unpaired) electrons. The van der Waals surface area contributed by atoms with Gasteiger partial charge >= 0.3 is 0 Å². The highest BCUT2D eigenvalue weighted by atomic mass is 35.5. The molecule has 0 aliphatic carbocycles. The molecule has 1 fully saturated rings. The lowest BCUT2D eigenvalue weighted by atomic mass is 10.1. The van der Waals surface area contributed by atoms with Gasteiger partial charge in [-0.05, 0) is 31.7 Å². The zero-order valence-corrected chi connectivity index (χ0v) is 12.0. The SMILES string of the molecule is CCC1CN(C(=O)c2cc(O)ccc2Cl)CCN1C. The molecule has 104 valence electrons. The Morgan fingerprint density at radius 1 is 1.47 bits per heavy atom. The van der Waals surface area contributed by atoms with Crippen molar-refractivity contribution in [2.24, 2.45) is 0 Å². The largest absolute Gasteiger partial charge is 0.508 e. The number of phenolic OH excluding ortho intramolecular Hbond substituents is 1. The van der Waals surface area contributed by atoms with Crippen molar-refractivity contribution in [3.05, 3.63) is 28.8 Å². The molecule has 1 amide bonds. The molecule has 1 aromatic rings. The summed E-state index contributed by atoms with van der Waals surface area (Å²) >= 11 is 6.04. The van der Waals surface area contributed by atoms with Crippen molar-refractivity contribution in [1.82, 2.24) is 9.80 Å². The third-order valence-electron chi connectivity index (χ3n) is 3.72. The van der Waals surface area contributed by atoms with E-state index in [1.807, 2.05) is 4.90 Å². The lowest BCUT2D eigenvalue weighted by Crippen LogP contribution is -2.53. The maximum atomic E-state index is 12.5. The van der Waals surface area contributed by atoms with Crippen molar-refractivity contribution < 1.29 is 9.90 Å². The molecule has 1 aromatic carbocycles. The van der Waals surface area contributed by atoms with Gasteiger partial charge in [-0.15, -0.1) is 0 Å². The fraction of sp³-hybridized carbons (Fsp3) is 0.500. The first-order valence-electron chi connectivity index (χ1n) is 6.51. The van der Waals surface area contributed by atoms with Crippen molar-refractivity contribution in [3.63, 3.8) is 0 Å². The molecule has 4 nitrogen and oxygen atoms in total. The second-order valence-electron chi connectivity index (χ2n) is 4.96. The van der Waals surface area contributed by atoms with Crippen LogP contribution in [0.5, 0.6) is 5.75 Å². The van der Waals surface area contributed by atoms with Crippen molar-refractivity contribution in [3.8, 4) is 5.75 Å². The number of phenols is 1. The van der Waals surface area contributed by atoms with Crippen LogP contribution in [0.4, 0.5) is 0 Å². The van der Waals surface area contributed by atoms with Gasteiger partial charge in [0.25, 0.3) is 5.91 Å². The van der Waals surface area contributed by atoms with E-state index in [9.17, 15) is 9.90 Å².